The van der Waals surface area contributed by atoms with E-state index in [-0.39, 0.29) is 5.91 Å². The molecule has 3 heterocycles. The molecular weight excluding hydrogens is 412 g/mol. The van der Waals surface area contributed by atoms with Gasteiger partial charge in [0, 0.05) is 36.9 Å². The summed E-state index contributed by atoms with van der Waals surface area (Å²) in [5, 5.41) is 11.0. The third-order valence-electron chi connectivity index (χ3n) is 5.67. The van der Waals surface area contributed by atoms with Gasteiger partial charge in [0.15, 0.2) is 0 Å². The molecule has 1 aromatic carbocycles. The van der Waals surface area contributed by atoms with Crippen molar-refractivity contribution in [1.29, 1.82) is 0 Å². The Labute approximate surface area is 186 Å². The third kappa shape index (κ3) is 6.15. The normalized spacial score (nSPS) is 15.1. The van der Waals surface area contributed by atoms with Gasteiger partial charge in [0.25, 0.3) is 0 Å². The van der Waals surface area contributed by atoms with E-state index < -0.39 is 0 Å². The number of methoxy groups -OCH3 is 1. The number of amides is 1. The molecule has 4 rings (SSSR count). The van der Waals surface area contributed by atoms with Gasteiger partial charge in [-0.05, 0) is 61.0 Å². The number of rotatable bonds is 9. The fourth-order valence-electron chi connectivity index (χ4n) is 3.77. The number of likely N-dealkylation sites (tertiary alicyclic amines) is 1. The number of nitrogens with one attached hydrogen (secondary N) is 1. The topological polar surface area (TPSA) is 80.5 Å². The van der Waals surface area contributed by atoms with Crippen LogP contribution < -0.4 is 10.1 Å². The van der Waals surface area contributed by atoms with E-state index in [2.05, 4.69) is 32.5 Å². The first-order chi connectivity index (χ1) is 15.2. The molecule has 0 aliphatic carbocycles. The average molecular weight is 441 g/mol. The van der Waals surface area contributed by atoms with Gasteiger partial charge in [-0.1, -0.05) is 17.3 Å². The number of nitrogens with zero attached hydrogens (tertiary/aromatic N) is 3. The number of aromatic nitrogens is 2. The highest BCUT2D eigenvalue weighted by molar-refractivity contribution is 7.08. The van der Waals surface area contributed by atoms with Crippen molar-refractivity contribution in [3.05, 3.63) is 52.5 Å². The second-order valence-electron chi connectivity index (χ2n) is 7.90. The summed E-state index contributed by atoms with van der Waals surface area (Å²) in [6.45, 7) is 3.81. The molecule has 0 radical (unpaired) electrons. The molecule has 164 valence electrons. The molecule has 0 saturated carbocycles. The molecule has 1 aliphatic heterocycles. The second kappa shape index (κ2) is 10.5. The minimum atomic E-state index is 0.0379. The van der Waals surface area contributed by atoms with Gasteiger partial charge in [0.1, 0.15) is 5.75 Å². The summed E-state index contributed by atoms with van der Waals surface area (Å²) in [6.07, 6.45) is 3.03. The molecule has 7 nitrogen and oxygen atoms in total. The van der Waals surface area contributed by atoms with Crippen molar-refractivity contribution in [3.8, 4) is 17.1 Å². The molecule has 0 unspecified atom stereocenters. The molecule has 0 atom stereocenters. The number of benzene rings is 1. The highest BCUT2D eigenvalue weighted by Crippen LogP contribution is 2.21. The number of carbonyl (C=O) groups excluding carboxylic acids is 1. The van der Waals surface area contributed by atoms with Crippen molar-refractivity contribution in [3.63, 3.8) is 0 Å². The van der Waals surface area contributed by atoms with Crippen molar-refractivity contribution in [2.24, 2.45) is 5.92 Å². The number of hydrogen-bond donors (Lipinski definition) is 1. The monoisotopic (exact) mass is 440 g/mol. The number of carbonyl (C=O) groups is 1. The van der Waals surface area contributed by atoms with Gasteiger partial charge < -0.3 is 14.6 Å². The molecule has 0 spiro atoms. The van der Waals surface area contributed by atoms with Crippen molar-refractivity contribution in [1.82, 2.24) is 20.4 Å². The second-order valence-corrected chi connectivity index (χ2v) is 8.68. The van der Waals surface area contributed by atoms with Gasteiger partial charge in [0.2, 0.25) is 17.6 Å². The molecule has 1 amide bonds. The summed E-state index contributed by atoms with van der Waals surface area (Å²) in [6, 6.07) is 10.2. The summed E-state index contributed by atoms with van der Waals surface area (Å²) in [5.74, 6) is 2.54. The van der Waals surface area contributed by atoms with E-state index in [1.54, 1.807) is 18.4 Å². The summed E-state index contributed by atoms with van der Waals surface area (Å²) in [5.41, 5.74) is 2.25. The predicted octanol–water partition coefficient (Wildman–Crippen LogP) is 3.77. The Morgan fingerprint density at radius 1 is 1.26 bits per heavy atom. The Bertz CT molecular complexity index is 948. The Morgan fingerprint density at radius 2 is 2.06 bits per heavy atom. The van der Waals surface area contributed by atoms with E-state index in [0.29, 0.717) is 30.5 Å². The zero-order valence-corrected chi connectivity index (χ0v) is 18.6. The van der Waals surface area contributed by atoms with E-state index >= 15 is 0 Å². The van der Waals surface area contributed by atoms with Gasteiger partial charge in [-0.25, -0.2) is 0 Å². The van der Waals surface area contributed by atoms with Gasteiger partial charge in [0.05, 0.1) is 7.11 Å². The standard InChI is InChI=1S/C23H28N4O3S/c1-29-20-4-2-18(3-5-20)15-27-11-8-17(9-12-27)14-24-21(28)6-7-22-25-23(26-30-22)19-10-13-31-16-19/h2-5,10,13,16-17H,6-9,11-12,14-15H2,1H3,(H,24,28). The van der Waals surface area contributed by atoms with Crippen molar-refractivity contribution in [2.75, 3.05) is 26.7 Å². The zero-order chi connectivity index (χ0) is 21.5. The number of aryl methyl sites for hydroxylation is 1. The van der Waals surface area contributed by atoms with Crippen LogP contribution in [0.4, 0.5) is 0 Å². The van der Waals surface area contributed by atoms with Crippen LogP contribution in [0.1, 0.15) is 30.7 Å². The lowest BCUT2D eigenvalue weighted by Gasteiger charge is -2.32. The largest absolute Gasteiger partial charge is 0.497 e. The smallest absolute Gasteiger partial charge is 0.227 e. The maximum Gasteiger partial charge on any atom is 0.227 e. The van der Waals surface area contributed by atoms with E-state index in [4.69, 9.17) is 9.26 Å². The minimum Gasteiger partial charge on any atom is -0.497 e. The number of piperidine rings is 1. The minimum absolute atomic E-state index is 0.0379. The van der Waals surface area contributed by atoms with Crippen LogP contribution in [0.15, 0.2) is 45.6 Å². The van der Waals surface area contributed by atoms with Crippen LogP contribution in [-0.4, -0.2) is 47.7 Å². The van der Waals surface area contributed by atoms with E-state index in [9.17, 15) is 4.79 Å². The van der Waals surface area contributed by atoms with Gasteiger partial charge in [-0.3, -0.25) is 9.69 Å². The molecule has 1 aliphatic rings. The molecule has 1 N–H and O–H groups in total. The van der Waals surface area contributed by atoms with E-state index in [1.165, 1.54) is 5.56 Å². The molecule has 0 bridgehead atoms. The summed E-state index contributed by atoms with van der Waals surface area (Å²) < 4.78 is 10.5. The molecule has 2 aromatic heterocycles. The van der Waals surface area contributed by atoms with Crippen LogP contribution in [0.2, 0.25) is 0 Å². The SMILES string of the molecule is COc1ccc(CN2CCC(CNC(=O)CCc3nc(-c4ccsc4)no3)CC2)cc1. The first kappa shape index (κ1) is 21.5. The molecule has 3 aromatic rings. The summed E-state index contributed by atoms with van der Waals surface area (Å²) >= 11 is 1.59. The van der Waals surface area contributed by atoms with Crippen LogP contribution in [0.3, 0.4) is 0 Å². The Morgan fingerprint density at radius 3 is 2.77 bits per heavy atom. The number of hydrogen-bond acceptors (Lipinski definition) is 7. The fraction of sp³-hybridized carbons (Fsp3) is 0.435. The van der Waals surface area contributed by atoms with Crippen molar-refractivity contribution < 1.29 is 14.1 Å². The molecule has 8 heteroatoms. The van der Waals surface area contributed by atoms with Crippen molar-refractivity contribution in [2.45, 2.75) is 32.2 Å². The Kier molecular flexibility index (Phi) is 7.32. The van der Waals surface area contributed by atoms with Crippen LogP contribution in [0, 0.1) is 5.92 Å². The highest BCUT2D eigenvalue weighted by Gasteiger charge is 2.20. The maximum absolute atomic E-state index is 12.2. The first-order valence-corrected chi connectivity index (χ1v) is 11.6. The predicted molar refractivity (Wildman–Crippen MR) is 120 cm³/mol. The average Bonchev–Trinajstić information content (AvgIpc) is 3.50. The summed E-state index contributed by atoms with van der Waals surface area (Å²) in [7, 11) is 1.69. The summed E-state index contributed by atoms with van der Waals surface area (Å²) in [4.78, 5) is 19.1. The Hall–Kier alpha value is -2.71. The molecule has 31 heavy (non-hydrogen) atoms. The lowest BCUT2D eigenvalue weighted by Crippen LogP contribution is -2.38. The van der Waals surface area contributed by atoms with Crippen molar-refractivity contribution >= 4 is 17.2 Å². The quantitative estimate of drug-likeness (QED) is 0.546. The molecule has 1 saturated heterocycles. The van der Waals surface area contributed by atoms with Crippen LogP contribution in [0.5, 0.6) is 5.75 Å². The van der Waals surface area contributed by atoms with Gasteiger partial charge in [-0.15, -0.1) is 0 Å². The fourth-order valence-corrected chi connectivity index (χ4v) is 4.40. The number of ether oxygens (including phenoxy) is 1. The Balaban J connectivity index is 1.13. The number of thiophene rings is 1. The molecular formula is C23H28N4O3S. The highest BCUT2D eigenvalue weighted by atomic mass is 32.1. The van der Waals surface area contributed by atoms with Gasteiger partial charge >= 0.3 is 0 Å². The van der Waals surface area contributed by atoms with Gasteiger partial charge in [-0.2, -0.15) is 16.3 Å². The molecule has 1 fully saturated rings. The first-order valence-electron chi connectivity index (χ1n) is 10.7. The lowest BCUT2D eigenvalue weighted by atomic mass is 9.96. The van der Waals surface area contributed by atoms with Crippen LogP contribution in [0.25, 0.3) is 11.4 Å². The van der Waals surface area contributed by atoms with E-state index in [0.717, 1.165) is 50.3 Å². The van der Waals surface area contributed by atoms with E-state index in [1.807, 2.05) is 29.0 Å². The van der Waals surface area contributed by atoms with Crippen LogP contribution in [-0.2, 0) is 17.8 Å². The third-order valence-corrected chi connectivity index (χ3v) is 6.36. The zero-order valence-electron chi connectivity index (χ0n) is 17.8. The maximum atomic E-state index is 12.2. The lowest BCUT2D eigenvalue weighted by molar-refractivity contribution is -0.121. The van der Waals surface area contributed by atoms with Crippen LogP contribution >= 0.6 is 11.3 Å².